The lowest BCUT2D eigenvalue weighted by molar-refractivity contribution is 0.374. The predicted molar refractivity (Wildman–Crippen MR) is 43.4 cm³/mol. The minimum absolute atomic E-state index is 0.573. The van der Waals surface area contributed by atoms with Crippen LogP contribution in [-0.4, -0.2) is 6.54 Å². The van der Waals surface area contributed by atoms with Gasteiger partial charge < -0.3 is 9.73 Å². The molecule has 1 aromatic heterocycles. The van der Waals surface area contributed by atoms with Gasteiger partial charge in [0.25, 0.3) is 0 Å². The zero-order valence-electron chi connectivity index (χ0n) is 6.76. The number of hydrogen-bond donors (Lipinski definition) is 1. The molecule has 0 aliphatic carbocycles. The largest absolute Gasteiger partial charge is 0.469 e. The van der Waals surface area contributed by atoms with Crippen molar-refractivity contribution in [1.82, 2.24) is 5.32 Å². The second kappa shape index (κ2) is 2.70. The molecule has 0 spiro atoms. The molecule has 2 rings (SSSR count). The minimum Gasteiger partial charge on any atom is -0.469 e. The van der Waals surface area contributed by atoms with Crippen LogP contribution in [-0.2, 0) is 6.42 Å². The maximum Gasteiger partial charge on any atom is 0.108 e. The van der Waals surface area contributed by atoms with Crippen molar-refractivity contribution in [1.29, 1.82) is 0 Å². The maximum absolute atomic E-state index is 5.33. The van der Waals surface area contributed by atoms with Crippen LogP contribution in [0.25, 0.3) is 0 Å². The monoisotopic (exact) mass is 151 g/mol. The fourth-order valence-electron chi connectivity index (χ4n) is 1.50. The molecule has 2 heterocycles. The highest BCUT2D eigenvalue weighted by Gasteiger charge is 2.21. The molecule has 0 bridgehead atoms. The van der Waals surface area contributed by atoms with Crippen LogP contribution in [0, 0.1) is 0 Å². The average Bonchev–Trinajstić information content (AvgIpc) is 2.32. The second-order valence-electron chi connectivity index (χ2n) is 2.95. The molecule has 1 aromatic rings. The molecule has 1 unspecified atom stereocenters. The molecule has 0 amide bonds. The fourth-order valence-corrected chi connectivity index (χ4v) is 1.50. The molecule has 1 N–H and O–H groups in total. The van der Waals surface area contributed by atoms with Crippen molar-refractivity contribution in [2.24, 2.45) is 0 Å². The van der Waals surface area contributed by atoms with Gasteiger partial charge in [0.15, 0.2) is 0 Å². The Hall–Kier alpha value is -0.760. The summed E-state index contributed by atoms with van der Waals surface area (Å²) in [6.45, 7) is 3.28. The van der Waals surface area contributed by atoms with Crippen LogP contribution in [0.3, 0.4) is 0 Å². The van der Waals surface area contributed by atoms with Gasteiger partial charge >= 0.3 is 0 Å². The number of rotatable bonds is 2. The van der Waals surface area contributed by atoms with Crippen LogP contribution < -0.4 is 5.32 Å². The molecule has 1 saturated heterocycles. The molecule has 2 nitrogen and oxygen atoms in total. The standard InChI is InChI=1S/C9H13NO/c1-2-9-7(4-6-11-9)8-3-5-10-8/h4,6,8,10H,2-3,5H2,1H3. The van der Waals surface area contributed by atoms with Crippen molar-refractivity contribution < 1.29 is 4.42 Å². The Kier molecular flexibility index (Phi) is 1.70. The molecule has 0 radical (unpaired) electrons. The predicted octanol–water partition coefficient (Wildman–Crippen LogP) is 1.88. The van der Waals surface area contributed by atoms with Crippen LogP contribution in [0.15, 0.2) is 16.7 Å². The zero-order chi connectivity index (χ0) is 7.68. The molecule has 0 saturated carbocycles. The molecule has 1 aliphatic rings. The van der Waals surface area contributed by atoms with Gasteiger partial charge in [-0.05, 0) is 19.0 Å². The van der Waals surface area contributed by atoms with Crippen LogP contribution in [0.1, 0.15) is 30.7 Å². The quantitative estimate of drug-likeness (QED) is 0.698. The maximum atomic E-state index is 5.33. The smallest absolute Gasteiger partial charge is 0.108 e. The Morgan fingerprint density at radius 2 is 2.55 bits per heavy atom. The van der Waals surface area contributed by atoms with E-state index in [1.165, 1.54) is 12.0 Å². The molecule has 1 aliphatic heterocycles. The van der Waals surface area contributed by atoms with Gasteiger partial charge in [-0.2, -0.15) is 0 Å². The summed E-state index contributed by atoms with van der Waals surface area (Å²) in [5.74, 6) is 1.14. The topological polar surface area (TPSA) is 25.2 Å². The van der Waals surface area contributed by atoms with E-state index in [-0.39, 0.29) is 0 Å². The zero-order valence-corrected chi connectivity index (χ0v) is 6.76. The number of hydrogen-bond acceptors (Lipinski definition) is 2. The highest BCUT2D eigenvalue weighted by molar-refractivity contribution is 5.23. The first kappa shape index (κ1) is 6.92. The van der Waals surface area contributed by atoms with E-state index >= 15 is 0 Å². The number of aryl methyl sites for hydroxylation is 1. The minimum atomic E-state index is 0.573. The SMILES string of the molecule is CCc1occc1C1CCN1. The van der Waals surface area contributed by atoms with E-state index in [1.807, 2.05) is 0 Å². The Labute approximate surface area is 66.6 Å². The Morgan fingerprint density at radius 1 is 1.73 bits per heavy atom. The number of furan rings is 1. The van der Waals surface area contributed by atoms with Gasteiger partial charge in [-0.3, -0.25) is 0 Å². The van der Waals surface area contributed by atoms with E-state index in [2.05, 4.69) is 18.3 Å². The molecule has 0 aromatic carbocycles. The van der Waals surface area contributed by atoms with E-state index in [0.717, 1.165) is 18.7 Å². The fraction of sp³-hybridized carbons (Fsp3) is 0.556. The van der Waals surface area contributed by atoms with Crippen molar-refractivity contribution in [3.05, 3.63) is 23.7 Å². The molecule has 1 atom stereocenters. The molecule has 11 heavy (non-hydrogen) atoms. The summed E-state index contributed by atoms with van der Waals surface area (Å²) < 4.78 is 5.33. The first-order valence-corrected chi connectivity index (χ1v) is 4.21. The molecular formula is C9H13NO. The van der Waals surface area contributed by atoms with Gasteiger partial charge in [0.1, 0.15) is 5.76 Å². The lowest BCUT2D eigenvalue weighted by Crippen LogP contribution is -2.35. The molecule has 1 fully saturated rings. The van der Waals surface area contributed by atoms with Gasteiger partial charge in [-0.25, -0.2) is 0 Å². The van der Waals surface area contributed by atoms with Crippen LogP contribution in [0.4, 0.5) is 0 Å². The molecule has 60 valence electrons. The highest BCUT2D eigenvalue weighted by atomic mass is 16.3. The second-order valence-corrected chi connectivity index (χ2v) is 2.95. The summed E-state index contributed by atoms with van der Waals surface area (Å²) in [5.41, 5.74) is 1.36. The molecule has 2 heteroatoms. The van der Waals surface area contributed by atoms with Gasteiger partial charge in [0.2, 0.25) is 0 Å². The highest BCUT2D eigenvalue weighted by Crippen LogP contribution is 2.26. The Bertz CT molecular complexity index is 237. The van der Waals surface area contributed by atoms with Crippen molar-refractivity contribution in [3.8, 4) is 0 Å². The summed E-state index contributed by atoms with van der Waals surface area (Å²) in [6, 6.07) is 2.65. The first-order chi connectivity index (χ1) is 5.42. The van der Waals surface area contributed by atoms with E-state index in [0.29, 0.717) is 6.04 Å². The summed E-state index contributed by atoms with van der Waals surface area (Å²) >= 11 is 0. The third kappa shape index (κ3) is 1.07. The van der Waals surface area contributed by atoms with Gasteiger partial charge in [-0.1, -0.05) is 6.92 Å². The first-order valence-electron chi connectivity index (χ1n) is 4.21. The van der Waals surface area contributed by atoms with E-state index < -0.39 is 0 Å². The van der Waals surface area contributed by atoms with Gasteiger partial charge in [0.05, 0.1) is 6.26 Å². The third-order valence-corrected chi connectivity index (χ3v) is 2.30. The summed E-state index contributed by atoms with van der Waals surface area (Å²) in [5, 5.41) is 3.36. The van der Waals surface area contributed by atoms with Crippen molar-refractivity contribution in [2.45, 2.75) is 25.8 Å². The van der Waals surface area contributed by atoms with Crippen molar-refractivity contribution in [2.75, 3.05) is 6.54 Å². The van der Waals surface area contributed by atoms with E-state index in [1.54, 1.807) is 6.26 Å². The van der Waals surface area contributed by atoms with E-state index in [4.69, 9.17) is 4.42 Å². The lowest BCUT2D eigenvalue weighted by Gasteiger charge is -2.27. The lowest BCUT2D eigenvalue weighted by atomic mass is 9.98. The van der Waals surface area contributed by atoms with Crippen LogP contribution in [0.2, 0.25) is 0 Å². The Morgan fingerprint density at radius 3 is 3.09 bits per heavy atom. The average molecular weight is 151 g/mol. The Balaban J connectivity index is 2.20. The summed E-state index contributed by atoms with van der Waals surface area (Å²) in [6.07, 6.45) is 4.04. The summed E-state index contributed by atoms with van der Waals surface area (Å²) in [7, 11) is 0. The van der Waals surface area contributed by atoms with Crippen LogP contribution >= 0.6 is 0 Å². The van der Waals surface area contributed by atoms with Crippen molar-refractivity contribution in [3.63, 3.8) is 0 Å². The van der Waals surface area contributed by atoms with Gasteiger partial charge in [-0.15, -0.1) is 0 Å². The normalized spacial score (nSPS) is 23.2. The number of nitrogens with one attached hydrogen (secondary N) is 1. The molecular weight excluding hydrogens is 138 g/mol. The van der Waals surface area contributed by atoms with Crippen LogP contribution in [0.5, 0.6) is 0 Å². The summed E-state index contributed by atoms with van der Waals surface area (Å²) in [4.78, 5) is 0. The van der Waals surface area contributed by atoms with Gasteiger partial charge in [0, 0.05) is 18.0 Å². The van der Waals surface area contributed by atoms with Crippen molar-refractivity contribution >= 4 is 0 Å². The van der Waals surface area contributed by atoms with E-state index in [9.17, 15) is 0 Å². The third-order valence-electron chi connectivity index (χ3n) is 2.30.